The van der Waals surface area contributed by atoms with Gasteiger partial charge in [-0.3, -0.25) is 9.48 Å². The number of urea groups is 1. The molecule has 0 bridgehead atoms. The van der Waals surface area contributed by atoms with E-state index in [1.165, 1.54) is 6.33 Å². The number of rotatable bonds is 6. The van der Waals surface area contributed by atoms with Crippen LogP contribution in [0.2, 0.25) is 0 Å². The molecule has 1 rings (SSSR count). The lowest BCUT2D eigenvalue weighted by Gasteiger charge is -2.19. The first-order valence-corrected chi connectivity index (χ1v) is 6.06. The molecule has 0 aliphatic carbocycles. The predicted octanol–water partition coefficient (Wildman–Crippen LogP) is -0.313. The minimum absolute atomic E-state index is 0.151. The summed E-state index contributed by atoms with van der Waals surface area (Å²) in [7, 11) is 1.77. The third-order valence-electron chi connectivity index (χ3n) is 2.52. The van der Waals surface area contributed by atoms with Crippen LogP contribution < -0.4 is 16.4 Å². The van der Waals surface area contributed by atoms with E-state index in [0.717, 1.165) is 6.42 Å². The summed E-state index contributed by atoms with van der Waals surface area (Å²) in [6.07, 6.45) is 2.17. The average Bonchev–Trinajstić information content (AvgIpc) is 2.71. The van der Waals surface area contributed by atoms with Crippen LogP contribution in [0.3, 0.4) is 0 Å². The van der Waals surface area contributed by atoms with Crippen molar-refractivity contribution in [2.24, 2.45) is 18.7 Å². The molecular formula is C11H20N6O2. The van der Waals surface area contributed by atoms with Crippen molar-refractivity contribution < 1.29 is 9.59 Å². The van der Waals surface area contributed by atoms with Gasteiger partial charge >= 0.3 is 6.03 Å². The van der Waals surface area contributed by atoms with E-state index < -0.39 is 6.03 Å². The average molecular weight is 268 g/mol. The van der Waals surface area contributed by atoms with Gasteiger partial charge in [0.05, 0.1) is 12.6 Å². The summed E-state index contributed by atoms with van der Waals surface area (Å²) < 4.78 is 1.62. The Morgan fingerprint density at radius 2 is 2.16 bits per heavy atom. The van der Waals surface area contributed by atoms with E-state index in [1.54, 1.807) is 11.7 Å². The summed E-state index contributed by atoms with van der Waals surface area (Å²) in [4.78, 5) is 26.4. The molecule has 0 unspecified atom stereocenters. The normalized spacial score (nSPS) is 12.2. The first-order chi connectivity index (χ1) is 8.90. The molecule has 8 heteroatoms. The lowest BCUT2D eigenvalue weighted by Crippen LogP contribution is -2.41. The van der Waals surface area contributed by atoms with Crippen LogP contribution in [0.1, 0.15) is 32.1 Å². The fraction of sp³-hybridized carbons (Fsp3) is 0.636. The molecule has 1 heterocycles. The van der Waals surface area contributed by atoms with Crippen molar-refractivity contribution in [3.63, 3.8) is 0 Å². The van der Waals surface area contributed by atoms with Crippen molar-refractivity contribution in [1.82, 2.24) is 25.4 Å². The maximum atomic E-state index is 11.7. The number of carbonyl (C=O) groups is 2. The second-order valence-electron chi connectivity index (χ2n) is 4.71. The molecule has 0 spiro atoms. The molecular weight excluding hydrogens is 248 g/mol. The predicted molar refractivity (Wildman–Crippen MR) is 68.9 cm³/mol. The van der Waals surface area contributed by atoms with E-state index in [0.29, 0.717) is 11.7 Å². The van der Waals surface area contributed by atoms with Gasteiger partial charge in [0, 0.05) is 7.05 Å². The summed E-state index contributed by atoms with van der Waals surface area (Å²) >= 11 is 0. The number of carbonyl (C=O) groups excluding carboxylic acids is 2. The Hall–Kier alpha value is -2.12. The molecule has 0 aliphatic rings. The highest BCUT2D eigenvalue weighted by Crippen LogP contribution is 2.18. The van der Waals surface area contributed by atoms with Crippen molar-refractivity contribution >= 4 is 11.9 Å². The van der Waals surface area contributed by atoms with Crippen molar-refractivity contribution in [2.45, 2.75) is 26.3 Å². The Morgan fingerprint density at radius 1 is 1.47 bits per heavy atom. The van der Waals surface area contributed by atoms with Crippen LogP contribution in [0.5, 0.6) is 0 Å². The van der Waals surface area contributed by atoms with Crippen molar-refractivity contribution in [2.75, 3.05) is 6.54 Å². The number of aryl methyl sites for hydroxylation is 1. The van der Waals surface area contributed by atoms with E-state index in [-0.39, 0.29) is 18.5 Å². The zero-order valence-corrected chi connectivity index (χ0v) is 11.4. The fourth-order valence-corrected chi connectivity index (χ4v) is 1.73. The molecule has 0 aliphatic heterocycles. The molecule has 19 heavy (non-hydrogen) atoms. The molecule has 0 radical (unpaired) electrons. The third kappa shape index (κ3) is 4.94. The minimum atomic E-state index is -0.728. The van der Waals surface area contributed by atoms with Crippen molar-refractivity contribution in [3.05, 3.63) is 12.2 Å². The van der Waals surface area contributed by atoms with Gasteiger partial charge in [-0.25, -0.2) is 9.78 Å². The molecule has 1 aromatic heterocycles. The van der Waals surface area contributed by atoms with Crippen LogP contribution in [0, 0.1) is 5.92 Å². The highest BCUT2D eigenvalue weighted by Gasteiger charge is 2.20. The standard InChI is InChI=1S/C11H20N6O2/c1-7(2)4-8(10-14-6-15-17(10)3)16-9(18)5-13-11(12)19/h6-8H,4-5H2,1-3H3,(H,16,18)(H3,12,13,19)/t8-/m1/s1. The largest absolute Gasteiger partial charge is 0.352 e. The molecule has 1 atom stereocenters. The highest BCUT2D eigenvalue weighted by molar-refractivity contribution is 5.83. The Kier molecular flexibility index (Phi) is 5.28. The number of amides is 3. The monoisotopic (exact) mass is 268 g/mol. The van der Waals surface area contributed by atoms with Crippen LogP contribution in [0.15, 0.2) is 6.33 Å². The lowest BCUT2D eigenvalue weighted by molar-refractivity contribution is -0.121. The number of primary amides is 1. The number of nitrogens with one attached hydrogen (secondary N) is 2. The van der Waals surface area contributed by atoms with Gasteiger partial charge in [-0.2, -0.15) is 5.10 Å². The van der Waals surface area contributed by atoms with Gasteiger partial charge in [0.1, 0.15) is 12.2 Å². The SMILES string of the molecule is CC(C)C[C@@H](NC(=O)CNC(N)=O)c1ncnn1C. The minimum Gasteiger partial charge on any atom is -0.352 e. The van der Waals surface area contributed by atoms with Crippen LogP contribution in [0.4, 0.5) is 4.79 Å². The second kappa shape index (κ2) is 6.72. The molecule has 3 amide bonds. The number of aromatic nitrogens is 3. The first-order valence-electron chi connectivity index (χ1n) is 6.06. The van der Waals surface area contributed by atoms with Gasteiger partial charge in [0.2, 0.25) is 5.91 Å². The molecule has 0 saturated carbocycles. The van der Waals surface area contributed by atoms with Crippen LogP contribution in [-0.4, -0.2) is 33.2 Å². The molecule has 4 N–H and O–H groups in total. The van der Waals surface area contributed by atoms with Gasteiger partial charge in [-0.1, -0.05) is 13.8 Å². The lowest BCUT2D eigenvalue weighted by atomic mass is 10.0. The summed E-state index contributed by atoms with van der Waals surface area (Å²) in [6.45, 7) is 3.95. The number of nitrogens with two attached hydrogens (primary N) is 1. The topological polar surface area (TPSA) is 115 Å². The van der Waals surface area contributed by atoms with Gasteiger partial charge in [0.25, 0.3) is 0 Å². The number of hydrogen-bond acceptors (Lipinski definition) is 4. The van der Waals surface area contributed by atoms with Crippen LogP contribution in [-0.2, 0) is 11.8 Å². The van der Waals surface area contributed by atoms with Crippen LogP contribution >= 0.6 is 0 Å². The first kappa shape index (κ1) is 14.9. The van der Waals surface area contributed by atoms with Crippen LogP contribution in [0.25, 0.3) is 0 Å². The molecule has 0 saturated heterocycles. The van der Waals surface area contributed by atoms with E-state index in [4.69, 9.17) is 5.73 Å². The number of hydrogen-bond donors (Lipinski definition) is 3. The highest BCUT2D eigenvalue weighted by atomic mass is 16.2. The van der Waals surface area contributed by atoms with E-state index >= 15 is 0 Å². The summed E-state index contributed by atoms with van der Waals surface area (Å²) in [5, 5.41) is 9.05. The van der Waals surface area contributed by atoms with Crippen molar-refractivity contribution in [1.29, 1.82) is 0 Å². The maximum absolute atomic E-state index is 11.7. The smallest absolute Gasteiger partial charge is 0.312 e. The Bertz CT molecular complexity index is 442. The molecule has 106 valence electrons. The Labute approximate surface area is 111 Å². The van der Waals surface area contributed by atoms with E-state index in [1.807, 2.05) is 0 Å². The zero-order valence-electron chi connectivity index (χ0n) is 11.4. The van der Waals surface area contributed by atoms with Gasteiger partial charge in [-0.05, 0) is 12.3 Å². The van der Waals surface area contributed by atoms with Crippen molar-refractivity contribution in [3.8, 4) is 0 Å². The molecule has 0 aromatic carbocycles. The summed E-state index contributed by atoms with van der Waals surface area (Å²) in [5.74, 6) is 0.750. The molecule has 0 fully saturated rings. The molecule has 1 aromatic rings. The van der Waals surface area contributed by atoms with Gasteiger partial charge in [-0.15, -0.1) is 0 Å². The Balaban J connectivity index is 2.68. The van der Waals surface area contributed by atoms with Gasteiger partial charge in [0.15, 0.2) is 0 Å². The fourth-order valence-electron chi connectivity index (χ4n) is 1.73. The third-order valence-corrected chi connectivity index (χ3v) is 2.52. The summed E-state index contributed by atoms with van der Waals surface area (Å²) in [6, 6.07) is -0.969. The van der Waals surface area contributed by atoms with E-state index in [2.05, 4.69) is 34.6 Å². The maximum Gasteiger partial charge on any atom is 0.312 e. The summed E-state index contributed by atoms with van der Waals surface area (Å²) in [5.41, 5.74) is 4.91. The van der Waals surface area contributed by atoms with E-state index in [9.17, 15) is 9.59 Å². The Morgan fingerprint density at radius 3 is 2.63 bits per heavy atom. The second-order valence-corrected chi connectivity index (χ2v) is 4.71. The molecule has 8 nitrogen and oxygen atoms in total. The quantitative estimate of drug-likeness (QED) is 0.656. The zero-order chi connectivity index (χ0) is 14.4. The number of nitrogens with zero attached hydrogens (tertiary/aromatic N) is 3. The van der Waals surface area contributed by atoms with Gasteiger partial charge < -0.3 is 16.4 Å².